The summed E-state index contributed by atoms with van der Waals surface area (Å²) in [6.45, 7) is 13.5. The number of nitrogens with one attached hydrogen (secondary N) is 1. The lowest BCUT2D eigenvalue weighted by atomic mass is 9.89. The molecule has 1 rings (SSSR count). The van der Waals surface area contributed by atoms with E-state index in [0.29, 0.717) is 18.0 Å². The molecule has 3 nitrogen and oxygen atoms in total. The van der Waals surface area contributed by atoms with E-state index in [1.165, 1.54) is 13.0 Å². The van der Waals surface area contributed by atoms with E-state index in [4.69, 9.17) is 5.73 Å². The Morgan fingerprint density at radius 3 is 2.19 bits per heavy atom. The van der Waals surface area contributed by atoms with Crippen molar-refractivity contribution in [1.82, 2.24) is 10.2 Å². The number of hydrogen-bond acceptors (Lipinski definition) is 3. The second-order valence-electron chi connectivity index (χ2n) is 5.75. The highest BCUT2D eigenvalue weighted by molar-refractivity contribution is 4.81. The van der Waals surface area contributed by atoms with E-state index < -0.39 is 0 Å². The van der Waals surface area contributed by atoms with Gasteiger partial charge in [-0.3, -0.25) is 4.90 Å². The zero-order chi connectivity index (χ0) is 12.1. The van der Waals surface area contributed by atoms with Crippen molar-refractivity contribution in [3.8, 4) is 0 Å². The molecule has 1 fully saturated rings. The van der Waals surface area contributed by atoms with Crippen LogP contribution in [0.25, 0.3) is 0 Å². The number of nitrogens with zero attached hydrogens (tertiary/aromatic N) is 1. The van der Waals surface area contributed by atoms with E-state index in [1.54, 1.807) is 0 Å². The van der Waals surface area contributed by atoms with Crippen LogP contribution in [0.2, 0.25) is 0 Å². The van der Waals surface area contributed by atoms with Gasteiger partial charge in [-0.05, 0) is 65.6 Å². The van der Waals surface area contributed by atoms with Crippen LogP contribution in [-0.2, 0) is 0 Å². The number of hydrogen-bond donors (Lipinski definition) is 2. The van der Waals surface area contributed by atoms with E-state index in [2.05, 4.69) is 37.9 Å². The molecule has 0 spiro atoms. The third-order valence-electron chi connectivity index (χ3n) is 3.66. The minimum Gasteiger partial charge on any atom is -0.330 e. The summed E-state index contributed by atoms with van der Waals surface area (Å²) in [5.74, 6) is 1.45. The lowest BCUT2D eigenvalue weighted by molar-refractivity contribution is 0.125. The van der Waals surface area contributed by atoms with Gasteiger partial charge in [0.15, 0.2) is 0 Å². The third kappa shape index (κ3) is 4.04. The van der Waals surface area contributed by atoms with Crippen LogP contribution in [-0.4, -0.2) is 43.2 Å². The lowest BCUT2D eigenvalue weighted by Gasteiger charge is -2.37. The van der Waals surface area contributed by atoms with Crippen LogP contribution in [0.5, 0.6) is 0 Å². The number of rotatable bonds is 5. The molecule has 2 unspecified atom stereocenters. The monoisotopic (exact) mass is 227 g/mol. The summed E-state index contributed by atoms with van der Waals surface area (Å²) < 4.78 is 0. The average molecular weight is 227 g/mol. The maximum absolute atomic E-state index is 5.76. The molecule has 1 aliphatic rings. The Labute approximate surface area is 101 Å². The highest BCUT2D eigenvalue weighted by Crippen LogP contribution is 2.19. The van der Waals surface area contributed by atoms with Gasteiger partial charge < -0.3 is 11.1 Å². The van der Waals surface area contributed by atoms with Crippen molar-refractivity contribution >= 4 is 0 Å². The molecule has 0 bridgehead atoms. The molecule has 3 N–H and O–H groups in total. The van der Waals surface area contributed by atoms with E-state index in [1.807, 2.05) is 0 Å². The van der Waals surface area contributed by atoms with Gasteiger partial charge in [-0.25, -0.2) is 0 Å². The molecule has 1 saturated heterocycles. The molecule has 0 saturated carbocycles. The Morgan fingerprint density at radius 1 is 1.12 bits per heavy atom. The Bertz CT molecular complexity index is 184. The first-order valence-electron chi connectivity index (χ1n) is 6.71. The normalized spacial score (nSPS) is 27.0. The first-order valence-corrected chi connectivity index (χ1v) is 6.71. The zero-order valence-electron chi connectivity index (χ0n) is 11.4. The maximum atomic E-state index is 5.76. The van der Waals surface area contributed by atoms with Gasteiger partial charge in [-0.1, -0.05) is 0 Å². The van der Waals surface area contributed by atoms with Crippen LogP contribution in [0.3, 0.4) is 0 Å². The summed E-state index contributed by atoms with van der Waals surface area (Å²) in [4.78, 5) is 2.59. The molecule has 0 aromatic carbocycles. The maximum Gasteiger partial charge on any atom is 0.00414 e. The van der Waals surface area contributed by atoms with Crippen LogP contribution >= 0.6 is 0 Å². The van der Waals surface area contributed by atoms with Gasteiger partial charge in [-0.2, -0.15) is 0 Å². The minimum atomic E-state index is 0.637. The molecule has 0 amide bonds. The molecule has 1 heterocycles. The molecule has 3 heteroatoms. The fourth-order valence-corrected chi connectivity index (χ4v) is 2.76. The summed E-state index contributed by atoms with van der Waals surface area (Å²) in [6.07, 6.45) is 1.29. The fraction of sp³-hybridized carbons (Fsp3) is 1.00. The Morgan fingerprint density at radius 2 is 1.69 bits per heavy atom. The standard InChI is InChI=1S/C13H29N3/c1-10(2)16(11(3)4)9-13-5-12(6-14)7-15-8-13/h10-13,15H,5-9,14H2,1-4H3. The van der Waals surface area contributed by atoms with Gasteiger partial charge in [0, 0.05) is 18.6 Å². The predicted molar refractivity (Wildman–Crippen MR) is 70.5 cm³/mol. The van der Waals surface area contributed by atoms with Crippen molar-refractivity contribution in [1.29, 1.82) is 0 Å². The molecule has 0 aliphatic carbocycles. The van der Waals surface area contributed by atoms with Gasteiger partial charge in [0.25, 0.3) is 0 Å². The second-order valence-corrected chi connectivity index (χ2v) is 5.75. The Kier molecular flexibility index (Phi) is 5.73. The minimum absolute atomic E-state index is 0.637. The van der Waals surface area contributed by atoms with Gasteiger partial charge in [0.1, 0.15) is 0 Å². The average Bonchev–Trinajstić information content (AvgIpc) is 2.25. The summed E-state index contributed by atoms with van der Waals surface area (Å²) in [6, 6.07) is 1.27. The van der Waals surface area contributed by atoms with Crippen molar-refractivity contribution in [2.75, 3.05) is 26.2 Å². The molecule has 0 aromatic heterocycles. The van der Waals surface area contributed by atoms with Crippen molar-refractivity contribution < 1.29 is 0 Å². The topological polar surface area (TPSA) is 41.3 Å². The molecule has 2 atom stereocenters. The van der Waals surface area contributed by atoms with Crippen molar-refractivity contribution in [3.05, 3.63) is 0 Å². The van der Waals surface area contributed by atoms with E-state index in [9.17, 15) is 0 Å². The molecule has 0 aromatic rings. The summed E-state index contributed by atoms with van der Waals surface area (Å²) in [5.41, 5.74) is 5.76. The molecule has 1 aliphatic heterocycles. The molecule has 96 valence electrons. The molecule has 16 heavy (non-hydrogen) atoms. The SMILES string of the molecule is CC(C)N(CC1CNCC(CN)C1)C(C)C. The summed E-state index contributed by atoms with van der Waals surface area (Å²) in [7, 11) is 0. The first-order chi connectivity index (χ1) is 7.54. The summed E-state index contributed by atoms with van der Waals surface area (Å²) in [5, 5.41) is 3.51. The lowest BCUT2D eigenvalue weighted by Crippen LogP contribution is -2.47. The molecular formula is C13H29N3. The summed E-state index contributed by atoms with van der Waals surface area (Å²) >= 11 is 0. The van der Waals surface area contributed by atoms with Crippen molar-refractivity contribution in [2.45, 2.75) is 46.2 Å². The van der Waals surface area contributed by atoms with E-state index in [0.717, 1.165) is 25.6 Å². The number of piperidine rings is 1. The van der Waals surface area contributed by atoms with Gasteiger partial charge >= 0.3 is 0 Å². The van der Waals surface area contributed by atoms with Crippen LogP contribution < -0.4 is 11.1 Å². The van der Waals surface area contributed by atoms with Crippen molar-refractivity contribution in [3.63, 3.8) is 0 Å². The predicted octanol–water partition coefficient (Wildman–Crippen LogP) is 1.29. The largest absolute Gasteiger partial charge is 0.330 e. The Balaban J connectivity index is 2.44. The van der Waals surface area contributed by atoms with Crippen LogP contribution in [0.4, 0.5) is 0 Å². The molecular weight excluding hydrogens is 198 g/mol. The van der Waals surface area contributed by atoms with Crippen molar-refractivity contribution in [2.24, 2.45) is 17.6 Å². The molecule has 0 radical (unpaired) electrons. The van der Waals surface area contributed by atoms with Gasteiger partial charge in [0.05, 0.1) is 0 Å². The van der Waals surface area contributed by atoms with E-state index >= 15 is 0 Å². The van der Waals surface area contributed by atoms with Crippen LogP contribution in [0.1, 0.15) is 34.1 Å². The van der Waals surface area contributed by atoms with Crippen LogP contribution in [0, 0.1) is 11.8 Å². The highest BCUT2D eigenvalue weighted by Gasteiger charge is 2.24. The zero-order valence-corrected chi connectivity index (χ0v) is 11.4. The van der Waals surface area contributed by atoms with Crippen LogP contribution in [0.15, 0.2) is 0 Å². The quantitative estimate of drug-likeness (QED) is 0.743. The smallest absolute Gasteiger partial charge is 0.00414 e. The second kappa shape index (κ2) is 6.58. The third-order valence-corrected chi connectivity index (χ3v) is 3.66. The fourth-order valence-electron chi connectivity index (χ4n) is 2.76. The highest BCUT2D eigenvalue weighted by atomic mass is 15.2. The van der Waals surface area contributed by atoms with E-state index in [-0.39, 0.29) is 0 Å². The first kappa shape index (κ1) is 13.9. The number of nitrogens with two attached hydrogens (primary N) is 1. The van der Waals surface area contributed by atoms with Gasteiger partial charge in [0.2, 0.25) is 0 Å². The Hall–Kier alpha value is -0.120. The van der Waals surface area contributed by atoms with Gasteiger partial charge in [-0.15, -0.1) is 0 Å².